The molecule has 0 amide bonds. The Morgan fingerprint density at radius 2 is 1.36 bits per heavy atom. The van der Waals surface area contributed by atoms with Gasteiger partial charge in [0.25, 0.3) is 0 Å². The Bertz CT molecular complexity index is 2930. The lowest BCUT2D eigenvalue weighted by Crippen LogP contribution is -2.70. The van der Waals surface area contributed by atoms with Crippen molar-refractivity contribution >= 4 is 73.6 Å². The van der Waals surface area contributed by atoms with Crippen molar-refractivity contribution in [3.63, 3.8) is 0 Å². The van der Waals surface area contributed by atoms with Crippen molar-refractivity contribution in [3.05, 3.63) is 132 Å². The Kier molecular flexibility index (Phi) is 6.07. The van der Waals surface area contributed by atoms with Gasteiger partial charge in [-0.3, -0.25) is 0 Å². The number of hydrogen-bond acceptors (Lipinski definition) is 4. The predicted molar refractivity (Wildman–Crippen MR) is 229 cm³/mol. The van der Waals surface area contributed by atoms with E-state index in [4.69, 9.17) is 8.83 Å². The van der Waals surface area contributed by atoms with Crippen LogP contribution in [0, 0.1) is 0 Å². The van der Waals surface area contributed by atoms with Crippen LogP contribution in [0.5, 0.6) is 0 Å². The minimum absolute atomic E-state index is 0.00293. The molecular weight excluding hydrogens is 671 g/mol. The summed E-state index contributed by atoms with van der Waals surface area (Å²) in [6, 6.07) is 44.8. The second-order valence-electron chi connectivity index (χ2n) is 17.9. The van der Waals surface area contributed by atoms with Crippen LogP contribution in [0.15, 0.2) is 130 Å². The van der Waals surface area contributed by atoms with Crippen molar-refractivity contribution in [1.29, 1.82) is 0 Å². The summed E-state index contributed by atoms with van der Waals surface area (Å²) < 4.78 is 14.2. The molecule has 12 rings (SSSR count). The zero-order valence-corrected chi connectivity index (χ0v) is 32.2. The summed E-state index contributed by atoms with van der Waals surface area (Å²) in [7, 11) is 0. The second kappa shape index (κ2) is 10.5. The van der Waals surface area contributed by atoms with E-state index in [9.17, 15) is 0 Å². The largest absolute Gasteiger partial charge is 0.466 e. The highest BCUT2D eigenvalue weighted by molar-refractivity contribution is 6.93. The molecule has 5 heteroatoms. The van der Waals surface area contributed by atoms with Gasteiger partial charge in [-0.05, 0) is 83.2 Å². The van der Waals surface area contributed by atoms with Crippen molar-refractivity contribution in [1.82, 2.24) is 0 Å². The van der Waals surface area contributed by atoms with E-state index in [0.717, 1.165) is 56.7 Å². The van der Waals surface area contributed by atoms with Crippen molar-refractivity contribution in [2.45, 2.75) is 76.7 Å². The molecule has 55 heavy (non-hydrogen) atoms. The maximum Gasteiger partial charge on any atom is 0.371 e. The normalized spacial score (nSPS) is 20.9. The van der Waals surface area contributed by atoms with Crippen molar-refractivity contribution in [2.75, 3.05) is 9.71 Å². The number of fused-ring (bicyclic) bond motifs is 13. The average Bonchev–Trinajstić information content (AvgIpc) is 3.83. The van der Waals surface area contributed by atoms with E-state index in [1.54, 1.807) is 0 Å². The standard InChI is InChI=1S/C50H43BN2O2/c1-48(2,3)31-24-25-37(35(28-31)30-16-7-6-8-17-30)52-38-29-41-42(32-18-9-11-22-39(32)54-41)43-34-20-15-21-36-45(34)53(50(5)27-14-13-26-49(36,50)4)51(44(38)43)47-46(52)33-19-10-12-23-40(33)55-47/h6-12,15-25,28-29H,13-14,26-27H2,1-5H3. The van der Waals surface area contributed by atoms with Gasteiger partial charge in [0.1, 0.15) is 22.4 Å². The first-order valence-electron chi connectivity index (χ1n) is 20.1. The van der Waals surface area contributed by atoms with Crippen LogP contribution in [0.25, 0.3) is 55.2 Å². The molecule has 8 aromatic rings. The van der Waals surface area contributed by atoms with E-state index >= 15 is 0 Å². The summed E-state index contributed by atoms with van der Waals surface area (Å²) >= 11 is 0. The molecule has 2 atom stereocenters. The van der Waals surface area contributed by atoms with E-state index in [1.165, 1.54) is 69.2 Å². The maximum absolute atomic E-state index is 7.32. The number of hydrogen-bond donors (Lipinski definition) is 0. The zero-order chi connectivity index (χ0) is 37.0. The average molecular weight is 715 g/mol. The number of furan rings is 2. The topological polar surface area (TPSA) is 32.8 Å². The summed E-state index contributed by atoms with van der Waals surface area (Å²) in [6.07, 6.45) is 4.79. The first-order valence-corrected chi connectivity index (χ1v) is 20.1. The van der Waals surface area contributed by atoms with Gasteiger partial charge in [-0.25, -0.2) is 0 Å². The smallest absolute Gasteiger partial charge is 0.371 e. The monoisotopic (exact) mass is 714 g/mol. The van der Waals surface area contributed by atoms with E-state index in [0.29, 0.717) is 0 Å². The highest BCUT2D eigenvalue weighted by atomic mass is 16.3. The van der Waals surface area contributed by atoms with Gasteiger partial charge in [0.15, 0.2) is 0 Å². The van der Waals surface area contributed by atoms with Gasteiger partial charge in [0, 0.05) is 55.7 Å². The molecule has 2 aromatic heterocycles. The number of rotatable bonds is 2. The number of benzene rings is 6. The number of nitrogens with zero attached hydrogens (tertiary/aromatic N) is 2. The van der Waals surface area contributed by atoms with Gasteiger partial charge in [0.2, 0.25) is 0 Å². The molecule has 1 fully saturated rings. The SMILES string of the molecule is CC(C)(C)c1ccc(N2c3cc4oc5ccccc5c4c4c3B(c3oc5ccccc5c32)N2c3c-4cccc3C3(C)CCCCC23C)c(-c2ccccc2)c1. The summed E-state index contributed by atoms with van der Waals surface area (Å²) in [6.45, 7) is 11.9. The molecule has 0 bridgehead atoms. The second-order valence-corrected chi connectivity index (χ2v) is 17.9. The maximum atomic E-state index is 7.32. The van der Waals surface area contributed by atoms with Crippen LogP contribution in [0.3, 0.4) is 0 Å². The highest BCUT2D eigenvalue weighted by Crippen LogP contribution is 2.64. The van der Waals surface area contributed by atoms with Crippen LogP contribution in [0.1, 0.15) is 71.4 Å². The lowest BCUT2D eigenvalue weighted by atomic mass is 9.44. The van der Waals surface area contributed by atoms with Gasteiger partial charge >= 0.3 is 6.85 Å². The van der Waals surface area contributed by atoms with Crippen LogP contribution in [0.4, 0.5) is 22.7 Å². The molecule has 0 radical (unpaired) electrons. The zero-order valence-electron chi connectivity index (χ0n) is 32.2. The Morgan fingerprint density at radius 1 is 0.636 bits per heavy atom. The fourth-order valence-electron chi connectivity index (χ4n) is 11.3. The third kappa shape index (κ3) is 3.89. The predicted octanol–water partition coefficient (Wildman–Crippen LogP) is 12.3. The van der Waals surface area contributed by atoms with Crippen LogP contribution in [-0.4, -0.2) is 12.4 Å². The van der Waals surface area contributed by atoms with E-state index in [-0.39, 0.29) is 23.2 Å². The van der Waals surface area contributed by atoms with E-state index < -0.39 is 0 Å². The van der Waals surface area contributed by atoms with Gasteiger partial charge in [-0.15, -0.1) is 0 Å². The van der Waals surface area contributed by atoms with E-state index in [1.807, 2.05) is 0 Å². The quantitative estimate of drug-likeness (QED) is 0.167. The molecule has 6 aromatic carbocycles. The number of anilines is 4. The fourth-order valence-corrected chi connectivity index (χ4v) is 11.3. The Hall–Kier alpha value is -5.68. The third-order valence-corrected chi connectivity index (χ3v) is 14.2. The molecule has 4 nitrogen and oxygen atoms in total. The Morgan fingerprint density at radius 3 is 2.16 bits per heavy atom. The summed E-state index contributed by atoms with van der Waals surface area (Å²) in [5.74, 6) is 0. The molecule has 1 aliphatic carbocycles. The lowest BCUT2D eigenvalue weighted by Gasteiger charge is -2.54. The third-order valence-electron chi connectivity index (χ3n) is 14.2. The molecule has 268 valence electrons. The molecule has 1 saturated carbocycles. The molecule has 2 unspecified atom stereocenters. The van der Waals surface area contributed by atoms with Crippen molar-refractivity contribution < 1.29 is 8.83 Å². The van der Waals surface area contributed by atoms with Gasteiger partial charge < -0.3 is 18.5 Å². The Balaban J connectivity index is 1.28. The van der Waals surface area contributed by atoms with Gasteiger partial charge in [-0.2, -0.15) is 0 Å². The van der Waals surface area contributed by atoms with Crippen molar-refractivity contribution in [3.8, 4) is 22.3 Å². The van der Waals surface area contributed by atoms with Gasteiger partial charge in [-0.1, -0.05) is 125 Å². The minimum atomic E-state index is -0.116. The molecular formula is C50H43BN2O2. The lowest BCUT2D eigenvalue weighted by molar-refractivity contribution is 0.199. The minimum Gasteiger partial charge on any atom is -0.466 e. The first-order chi connectivity index (χ1) is 26.7. The van der Waals surface area contributed by atoms with E-state index in [2.05, 4.69) is 166 Å². The van der Waals surface area contributed by atoms with Crippen LogP contribution < -0.4 is 20.8 Å². The molecule has 4 aliphatic rings. The Labute approximate surface area is 322 Å². The number of para-hydroxylation sites is 3. The first kappa shape index (κ1) is 31.7. The van der Waals surface area contributed by atoms with Crippen molar-refractivity contribution in [2.24, 2.45) is 0 Å². The summed E-state index contributed by atoms with van der Waals surface area (Å²) in [5.41, 5.74) is 17.6. The molecule has 0 spiro atoms. The van der Waals surface area contributed by atoms with Crippen LogP contribution in [-0.2, 0) is 10.8 Å². The van der Waals surface area contributed by atoms with Crippen LogP contribution in [0.2, 0.25) is 0 Å². The van der Waals surface area contributed by atoms with Gasteiger partial charge in [0.05, 0.1) is 11.4 Å². The summed E-state index contributed by atoms with van der Waals surface area (Å²) in [4.78, 5) is 5.38. The molecule has 0 N–H and O–H groups in total. The molecule has 3 aliphatic heterocycles. The highest BCUT2D eigenvalue weighted by Gasteiger charge is 2.64. The molecule has 0 saturated heterocycles. The molecule has 5 heterocycles. The summed E-state index contributed by atoms with van der Waals surface area (Å²) in [5, 5.41) is 3.49. The fraction of sp³-hybridized carbons (Fsp3) is 0.240. The van der Waals surface area contributed by atoms with Crippen LogP contribution >= 0.6 is 0 Å².